The van der Waals surface area contributed by atoms with Gasteiger partial charge in [-0.15, -0.1) is 0 Å². The van der Waals surface area contributed by atoms with Crippen molar-refractivity contribution >= 4 is 22.5 Å². The van der Waals surface area contributed by atoms with Gasteiger partial charge in [0.05, 0.1) is 5.52 Å². The standard InChI is InChI=1S/C12H12ClFN2/c1-7-10(14)3-2-8-6-9(4-5-15)12(13)16-11(7)8/h2-3,6H,4-5,15H2,1H3. The van der Waals surface area contributed by atoms with Gasteiger partial charge in [0.2, 0.25) is 0 Å². The van der Waals surface area contributed by atoms with E-state index < -0.39 is 0 Å². The maximum absolute atomic E-state index is 13.3. The molecule has 0 bridgehead atoms. The molecule has 0 saturated heterocycles. The molecule has 0 fully saturated rings. The molecule has 2 N–H and O–H groups in total. The number of aromatic nitrogens is 1. The van der Waals surface area contributed by atoms with Crippen LogP contribution in [0.4, 0.5) is 4.39 Å². The fourth-order valence-corrected chi connectivity index (χ4v) is 1.94. The molecule has 0 atom stereocenters. The molecule has 2 nitrogen and oxygen atoms in total. The summed E-state index contributed by atoms with van der Waals surface area (Å²) >= 11 is 6.02. The van der Waals surface area contributed by atoms with Crippen LogP contribution in [0.15, 0.2) is 18.2 Å². The molecule has 1 aromatic heterocycles. The van der Waals surface area contributed by atoms with Gasteiger partial charge in [-0.05, 0) is 43.7 Å². The van der Waals surface area contributed by atoms with E-state index in [1.807, 2.05) is 6.07 Å². The fraction of sp³-hybridized carbons (Fsp3) is 0.250. The lowest BCUT2D eigenvalue weighted by atomic mass is 10.1. The zero-order chi connectivity index (χ0) is 11.7. The Morgan fingerprint density at radius 1 is 1.44 bits per heavy atom. The predicted octanol–water partition coefficient (Wildman–Crippen LogP) is 2.84. The van der Waals surface area contributed by atoms with E-state index in [9.17, 15) is 4.39 Å². The van der Waals surface area contributed by atoms with Gasteiger partial charge in [-0.1, -0.05) is 11.6 Å². The van der Waals surface area contributed by atoms with Crippen molar-refractivity contribution in [3.8, 4) is 0 Å². The van der Waals surface area contributed by atoms with Crippen LogP contribution in [0.2, 0.25) is 5.15 Å². The number of aryl methyl sites for hydroxylation is 1. The van der Waals surface area contributed by atoms with Gasteiger partial charge >= 0.3 is 0 Å². The molecule has 0 unspecified atom stereocenters. The Balaban J connectivity index is 2.69. The summed E-state index contributed by atoms with van der Waals surface area (Å²) in [5.74, 6) is -0.261. The first kappa shape index (κ1) is 11.3. The normalized spacial score (nSPS) is 11.0. The molecule has 4 heteroatoms. The molecule has 0 aliphatic rings. The lowest BCUT2D eigenvalue weighted by Crippen LogP contribution is -2.04. The van der Waals surface area contributed by atoms with Crippen LogP contribution in [-0.2, 0) is 6.42 Å². The molecule has 0 radical (unpaired) electrons. The first-order chi connectivity index (χ1) is 7.63. The van der Waals surface area contributed by atoms with Crippen molar-refractivity contribution in [2.45, 2.75) is 13.3 Å². The van der Waals surface area contributed by atoms with Crippen molar-refractivity contribution < 1.29 is 4.39 Å². The third-order valence-corrected chi connectivity index (χ3v) is 2.94. The van der Waals surface area contributed by atoms with Gasteiger partial charge in [-0.2, -0.15) is 0 Å². The number of nitrogens with zero attached hydrogens (tertiary/aromatic N) is 1. The highest BCUT2D eigenvalue weighted by Gasteiger charge is 2.08. The largest absolute Gasteiger partial charge is 0.330 e. The van der Waals surface area contributed by atoms with Crippen LogP contribution in [0.5, 0.6) is 0 Å². The van der Waals surface area contributed by atoms with Crippen LogP contribution in [0, 0.1) is 12.7 Å². The summed E-state index contributed by atoms with van der Waals surface area (Å²) in [6.07, 6.45) is 0.679. The van der Waals surface area contributed by atoms with Crippen LogP contribution in [0.1, 0.15) is 11.1 Å². The Morgan fingerprint density at radius 3 is 2.88 bits per heavy atom. The summed E-state index contributed by atoms with van der Waals surface area (Å²) in [6, 6.07) is 5.07. The van der Waals surface area contributed by atoms with Crippen LogP contribution in [-0.4, -0.2) is 11.5 Å². The number of hydrogen-bond acceptors (Lipinski definition) is 2. The summed E-state index contributed by atoms with van der Waals surface area (Å²) in [5, 5.41) is 1.30. The molecular weight excluding hydrogens is 227 g/mol. The van der Waals surface area contributed by atoms with Gasteiger partial charge in [0.1, 0.15) is 11.0 Å². The number of hydrogen-bond donors (Lipinski definition) is 1. The molecule has 0 saturated carbocycles. The second-order valence-corrected chi connectivity index (χ2v) is 4.08. The minimum Gasteiger partial charge on any atom is -0.330 e. The predicted molar refractivity (Wildman–Crippen MR) is 64.2 cm³/mol. The molecule has 0 spiro atoms. The second kappa shape index (κ2) is 4.36. The number of pyridine rings is 1. The zero-order valence-electron chi connectivity index (χ0n) is 8.93. The van der Waals surface area contributed by atoms with Gasteiger partial charge in [0.15, 0.2) is 0 Å². The molecule has 0 amide bonds. The fourth-order valence-electron chi connectivity index (χ4n) is 1.71. The number of rotatable bonds is 2. The van der Waals surface area contributed by atoms with E-state index in [1.54, 1.807) is 13.0 Å². The van der Waals surface area contributed by atoms with E-state index in [-0.39, 0.29) is 5.82 Å². The molecular formula is C12H12ClFN2. The highest BCUT2D eigenvalue weighted by Crippen LogP contribution is 2.24. The van der Waals surface area contributed by atoms with Crippen molar-refractivity contribution in [1.29, 1.82) is 0 Å². The van der Waals surface area contributed by atoms with Gasteiger partial charge in [0.25, 0.3) is 0 Å². The Labute approximate surface area is 98.2 Å². The first-order valence-electron chi connectivity index (χ1n) is 5.08. The number of nitrogens with two attached hydrogens (primary N) is 1. The average molecular weight is 239 g/mol. The highest BCUT2D eigenvalue weighted by atomic mass is 35.5. The van der Waals surface area contributed by atoms with Crippen molar-refractivity contribution in [3.05, 3.63) is 40.3 Å². The van der Waals surface area contributed by atoms with E-state index in [1.165, 1.54) is 6.07 Å². The molecule has 0 aliphatic heterocycles. The van der Waals surface area contributed by atoms with Crippen molar-refractivity contribution in [2.24, 2.45) is 5.73 Å². The lowest BCUT2D eigenvalue weighted by molar-refractivity contribution is 0.620. The Morgan fingerprint density at radius 2 is 2.19 bits per heavy atom. The first-order valence-corrected chi connectivity index (χ1v) is 5.45. The SMILES string of the molecule is Cc1c(F)ccc2cc(CCN)c(Cl)nc12. The smallest absolute Gasteiger partial charge is 0.133 e. The molecule has 2 aromatic rings. The van der Waals surface area contributed by atoms with Crippen LogP contribution in [0.25, 0.3) is 10.9 Å². The minimum absolute atomic E-state index is 0.261. The quantitative estimate of drug-likeness (QED) is 0.818. The van der Waals surface area contributed by atoms with Crippen LogP contribution < -0.4 is 5.73 Å². The highest BCUT2D eigenvalue weighted by molar-refractivity contribution is 6.30. The van der Waals surface area contributed by atoms with Gasteiger partial charge < -0.3 is 5.73 Å². The second-order valence-electron chi connectivity index (χ2n) is 3.72. The summed E-state index contributed by atoms with van der Waals surface area (Å²) in [4.78, 5) is 4.22. The Bertz CT molecular complexity index is 540. The van der Waals surface area contributed by atoms with Gasteiger partial charge in [-0.3, -0.25) is 0 Å². The van der Waals surface area contributed by atoms with E-state index in [4.69, 9.17) is 17.3 Å². The Kier molecular flexibility index (Phi) is 3.08. The van der Waals surface area contributed by atoms with E-state index >= 15 is 0 Å². The van der Waals surface area contributed by atoms with Crippen molar-refractivity contribution in [1.82, 2.24) is 4.98 Å². The van der Waals surface area contributed by atoms with E-state index in [2.05, 4.69) is 4.98 Å². The topological polar surface area (TPSA) is 38.9 Å². The summed E-state index contributed by atoms with van der Waals surface area (Å²) in [5.41, 5.74) is 7.53. The molecule has 1 heterocycles. The third kappa shape index (κ3) is 1.88. The molecule has 84 valence electrons. The number of benzene rings is 1. The average Bonchev–Trinajstić information content (AvgIpc) is 2.26. The minimum atomic E-state index is -0.261. The monoisotopic (exact) mass is 238 g/mol. The summed E-state index contributed by atoms with van der Waals surface area (Å²) in [6.45, 7) is 2.22. The van der Waals surface area contributed by atoms with Crippen molar-refractivity contribution in [3.63, 3.8) is 0 Å². The molecule has 0 aliphatic carbocycles. The van der Waals surface area contributed by atoms with Crippen LogP contribution in [0.3, 0.4) is 0 Å². The van der Waals surface area contributed by atoms with Crippen LogP contribution >= 0.6 is 11.6 Å². The Hall–Kier alpha value is -1.19. The summed E-state index contributed by atoms with van der Waals surface area (Å²) < 4.78 is 13.3. The van der Waals surface area contributed by atoms with Gasteiger partial charge in [-0.25, -0.2) is 9.37 Å². The maximum atomic E-state index is 13.3. The third-order valence-electron chi connectivity index (χ3n) is 2.61. The lowest BCUT2D eigenvalue weighted by Gasteiger charge is -2.07. The zero-order valence-corrected chi connectivity index (χ0v) is 9.68. The number of halogens is 2. The molecule has 16 heavy (non-hydrogen) atoms. The van der Waals surface area contributed by atoms with E-state index in [0.717, 1.165) is 10.9 Å². The van der Waals surface area contributed by atoms with Crippen molar-refractivity contribution in [2.75, 3.05) is 6.54 Å². The molecule has 1 aromatic carbocycles. The number of fused-ring (bicyclic) bond motifs is 1. The van der Waals surface area contributed by atoms with E-state index in [0.29, 0.717) is 29.2 Å². The summed E-state index contributed by atoms with van der Waals surface area (Å²) in [7, 11) is 0. The maximum Gasteiger partial charge on any atom is 0.133 e. The van der Waals surface area contributed by atoms with Gasteiger partial charge in [0, 0.05) is 10.9 Å². The molecule has 2 rings (SSSR count).